The Kier molecular flexibility index (Phi) is 7.05. The summed E-state index contributed by atoms with van der Waals surface area (Å²) < 4.78 is 44.6. The Bertz CT molecular complexity index is 818. The molecule has 1 aromatic rings. The first kappa shape index (κ1) is 23.3. The zero-order valence-electron chi connectivity index (χ0n) is 16.4. The van der Waals surface area contributed by atoms with Crippen LogP contribution in [0.25, 0.3) is 0 Å². The van der Waals surface area contributed by atoms with Crippen molar-refractivity contribution in [3.05, 3.63) is 46.5 Å². The van der Waals surface area contributed by atoms with Gasteiger partial charge in [0.25, 0.3) is 5.56 Å². The van der Waals surface area contributed by atoms with E-state index in [1.54, 1.807) is 34.6 Å². The lowest BCUT2D eigenvalue weighted by molar-refractivity contribution is -0.0925. The molecule has 0 saturated carbocycles. The van der Waals surface area contributed by atoms with Gasteiger partial charge in [0.1, 0.15) is 17.1 Å². The lowest BCUT2D eigenvalue weighted by Gasteiger charge is -2.27. The maximum atomic E-state index is 12.8. The number of amides is 1. The normalized spacial score (nSPS) is 14.0. The number of allylic oxidation sites excluding steroid dienone is 2. The van der Waals surface area contributed by atoms with Gasteiger partial charge in [-0.15, -0.1) is 0 Å². The minimum absolute atomic E-state index is 0.134. The number of carbonyl (C=O) groups is 1. The van der Waals surface area contributed by atoms with Gasteiger partial charge in [-0.05, 0) is 40.7 Å². The van der Waals surface area contributed by atoms with Crippen LogP contribution in [0.15, 0.2) is 46.0 Å². The third-order valence-corrected chi connectivity index (χ3v) is 3.16. The van der Waals surface area contributed by atoms with Crippen molar-refractivity contribution in [3.8, 4) is 0 Å². The van der Waals surface area contributed by atoms with Gasteiger partial charge >= 0.3 is 12.3 Å². The fraction of sp³-hybridized carbons (Fsp3) is 0.500. The topological polar surface area (TPSA) is 98.7 Å². The van der Waals surface area contributed by atoms with Crippen LogP contribution in [0.4, 0.5) is 18.0 Å². The summed E-state index contributed by atoms with van der Waals surface area (Å²) in [7, 11) is 0. The Labute approximate surface area is 161 Å². The van der Waals surface area contributed by atoms with Gasteiger partial charge in [0.2, 0.25) is 0 Å². The van der Waals surface area contributed by atoms with E-state index in [0.717, 1.165) is 4.57 Å². The number of halogens is 3. The van der Waals surface area contributed by atoms with Gasteiger partial charge in [0, 0.05) is 18.3 Å². The number of hydrogen-bond acceptors (Lipinski definition) is 5. The van der Waals surface area contributed by atoms with E-state index < -0.39 is 34.7 Å². The second-order valence-corrected chi connectivity index (χ2v) is 7.69. The fourth-order valence-electron chi connectivity index (χ4n) is 1.93. The molecule has 0 fully saturated rings. The van der Waals surface area contributed by atoms with E-state index >= 15 is 0 Å². The van der Waals surface area contributed by atoms with Crippen molar-refractivity contribution in [1.29, 1.82) is 0 Å². The lowest BCUT2D eigenvalue weighted by Crippen LogP contribution is -2.48. The van der Waals surface area contributed by atoms with E-state index in [4.69, 9.17) is 10.5 Å². The number of nitrogens with one attached hydrogen (secondary N) is 1. The third-order valence-electron chi connectivity index (χ3n) is 3.16. The molecule has 156 valence electrons. The van der Waals surface area contributed by atoms with Crippen molar-refractivity contribution in [1.82, 2.24) is 9.88 Å². The summed E-state index contributed by atoms with van der Waals surface area (Å²) in [6.07, 6.45) is -3.62. The number of alkyl halides is 3. The molecule has 10 heteroatoms. The minimum Gasteiger partial charge on any atom is -0.444 e. The summed E-state index contributed by atoms with van der Waals surface area (Å²) in [6, 6.07) is 4.09. The zero-order valence-corrected chi connectivity index (χ0v) is 16.4. The summed E-state index contributed by atoms with van der Waals surface area (Å²) in [4.78, 5) is 28.0. The average Bonchev–Trinajstić information content (AvgIpc) is 2.48. The second-order valence-electron chi connectivity index (χ2n) is 7.69. The number of rotatable bonds is 4. The Morgan fingerprint density at radius 3 is 2.36 bits per heavy atom. The highest BCUT2D eigenvalue weighted by atomic mass is 19.4. The molecule has 1 aromatic heterocycles. The van der Waals surface area contributed by atoms with Gasteiger partial charge in [-0.2, -0.15) is 13.2 Å². The number of nitrogens with zero attached hydrogens (tertiary/aromatic N) is 2. The van der Waals surface area contributed by atoms with E-state index in [1.807, 2.05) is 0 Å². The maximum Gasteiger partial charge on any atom is 0.430 e. The molecule has 0 unspecified atom stereocenters. The van der Waals surface area contributed by atoms with Crippen molar-refractivity contribution in [2.75, 3.05) is 6.54 Å². The molecule has 3 N–H and O–H groups in total. The van der Waals surface area contributed by atoms with Crippen molar-refractivity contribution in [2.45, 2.75) is 51.9 Å². The molecule has 0 spiro atoms. The molecule has 0 bridgehead atoms. The molecule has 1 heterocycles. The van der Waals surface area contributed by atoms with E-state index in [9.17, 15) is 22.8 Å². The summed E-state index contributed by atoms with van der Waals surface area (Å²) in [5, 5.41) is 2.59. The molecule has 1 amide bonds. The number of alkyl carbamates (subject to hydrolysis) is 1. The van der Waals surface area contributed by atoms with Gasteiger partial charge in [0.15, 0.2) is 0 Å². The molecular weight excluding hydrogens is 377 g/mol. The monoisotopic (exact) mass is 402 g/mol. The molecule has 0 aliphatic carbocycles. The van der Waals surface area contributed by atoms with Gasteiger partial charge in [-0.1, -0.05) is 6.07 Å². The van der Waals surface area contributed by atoms with Gasteiger partial charge < -0.3 is 15.8 Å². The molecular formula is C18H25F3N4O3. The van der Waals surface area contributed by atoms with E-state index in [2.05, 4.69) is 10.3 Å². The van der Waals surface area contributed by atoms with Crippen LogP contribution in [0.1, 0.15) is 34.6 Å². The number of aromatic nitrogens is 1. The molecule has 0 atom stereocenters. The average molecular weight is 402 g/mol. The van der Waals surface area contributed by atoms with E-state index in [-0.39, 0.29) is 12.4 Å². The first-order chi connectivity index (χ1) is 12.6. The molecule has 0 radical (unpaired) electrons. The van der Waals surface area contributed by atoms with Crippen LogP contribution in [0.3, 0.4) is 0 Å². The number of hydrogen-bond donors (Lipinski definition) is 2. The van der Waals surface area contributed by atoms with Crippen LogP contribution in [0.2, 0.25) is 0 Å². The Morgan fingerprint density at radius 1 is 1.25 bits per heavy atom. The van der Waals surface area contributed by atoms with Crippen molar-refractivity contribution < 1.29 is 22.7 Å². The Balaban J connectivity index is 3.18. The molecule has 0 aromatic carbocycles. The molecule has 0 aliphatic heterocycles. The number of ether oxygens (including phenoxy) is 1. The van der Waals surface area contributed by atoms with Crippen LogP contribution >= 0.6 is 0 Å². The first-order valence-electron chi connectivity index (χ1n) is 8.39. The fourth-order valence-corrected chi connectivity index (χ4v) is 1.93. The van der Waals surface area contributed by atoms with Crippen molar-refractivity contribution >= 4 is 11.9 Å². The van der Waals surface area contributed by atoms with Crippen LogP contribution in [-0.4, -0.2) is 40.4 Å². The maximum absolute atomic E-state index is 12.8. The quantitative estimate of drug-likeness (QED) is 0.598. The molecule has 0 aliphatic rings. The predicted octanol–water partition coefficient (Wildman–Crippen LogP) is 2.80. The highest BCUT2D eigenvalue weighted by Gasteiger charge is 2.32. The number of aliphatic imine (C=N–C) groups is 1. The van der Waals surface area contributed by atoms with Gasteiger partial charge in [-0.25, -0.2) is 4.79 Å². The standard InChI is InChI=1S/C18H25F3N4O3/c1-16(2,3)28-15(27)24-17(4,5)11-23-13(10-12(22)18(19,20)21)25-9-7-6-8-14(25)26/h6-10H,11,22H2,1-5H3,(H,24,27)/b12-10-,23-13?. The summed E-state index contributed by atoms with van der Waals surface area (Å²) in [5.74, 6) is -0.306. The third kappa shape index (κ3) is 7.85. The highest BCUT2D eigenvalue weighted by Crippen LogP contribution is 2.21. The van der Waals surface area contributed by atoms with E-state index in [0.29, 0.717) is 6.08 Å². The molecule has 28 heavy (non-hydrogen) atoms. The largest absolute Gasteiger partial charge is 0.444 e. The first-order valence-corrected chi connectivity index (χ1v) is 8.39. The van der Waals surface area contributed by atoms with E-state index in [1.165, 1.54) is 24.4 Å². The van der Waals surface area contributed by atoms with Crippen LogP contribution < -0.4 is 16.6 Å². The Hall–Kier alpha value is -2.78. The van der Waals surface area contributed by atoms with Crippen molar-refractivity contribution in [2.24, 2.45) is 10.7 Å². The van der Waals surface area contributed by atoms with Gasteiger partial charge in [-0.3, -0.25) is 14.4 Å². The summed E-state index contributed by atoms with van der Waals surface area (Å²) in [6.45, 7) is 8.18. The zero-order chi connectivity index (χ0) is 21.8. The number of pyridine rings is 1. The molecule has 1 rings (SSSR count). The lowest BCUT2D eigenvalue weighted by atomic mass is 10.1. The second kappa shape index (κ2) is 8.49. The minimum atomic E-state index is -4.77. The summed E-state index contributed by atoms with van der Waals surface area (Å²) in [5.41, 5.74) is 1.42. The predicted molar refractivity (Wildman–Crippen MR) is 100 cm³/mol. The van der Waals surface area contributed by atoms with Crippen molar-refractivity contribution in [3.63, 3.8) is 0 Å². The molecule has 7 nitrogen and oxygen atoms in total. The number of nitrogens with two attached hydrogens (primary N) is 1. The highest BCUT2D eigenvalue weighted by molar-refractivity contribution is 5.95. The summed E-state index contributed by atoms with van der Waals surface area (Å²) >= 11 is 0. The van der Waals surface area contributed by atoms with Crippen LogP contribution in [0.5, 0.6) is 0 Å². The van der Waals surface area contributed by atoms with Gasteiger partial charge in [0.05, 0.1) is 12.1 Å². The van der Waals surface area contributed by atoms with Crippen LogP contribution in [0, 0.1) is 0 Å². The smallest absolute Gasteiger partial charge is 0.430 e. The molecule has 0 saturated heterocycles. The number of carbonyl (C=O) groups excluding carboxylic acids is 1. The van der Waals surface area contributed by atoms with Crippen LogP contribution in [-0.2, 0) is 4.74 Å². The Morgan fingerprint density at radius 2 is 1.86 bits per heavy atom. The SMILES string of the molecule is CC(C)(CN=C(/C=C(\N)C(F)(F)F)n1ccccc1=O)NC(=O)OC(C)(C)C.